The molecule has 48 valence electrons. The first-order valence-electron chi connectivity index (χ1n) is 2.97. The molecule has 1 heterocycles. The Kier molecular flexibility index (Phi) is 1.02. The molecule has 0 N–H and O–H groups in total. The third kappa shape index (κ3) is 0.944. The SMILES string of the molecule is Clc1cnc(C2CC2)o1. The maximum atomic E-state index is 5.50. The molecule has 1 aliphatic rings. The van der Waals surface area contributed by atoms with Gasteiger partial charge in [0.25, 0.3) is 0 Å². The summed E-state index contributed by atoms with van der Waals surface area (Å²) in [5.74, 6) is 1.37. The third-order valence-electron chi connectivity index (χ3n) is 1.42. The Morgan fingerprint density at radius 2 is 2.44 bits per heavy atom. The van der Waals surface area contributed by atoms with E-state index in [4.69, 9.17) is 16.0 Å². The van der Waals surface area contributed by atoms with Crippen LogP contribution in [-0.4, -0.2) is 4.98 Å². The second-order valence-corrected chi connectivity index (χ2v) is 2.65. The molecule has 0 radical (unpaired) electrons. The molecule has 1 aliphatic carbocycles. The van der Waals surface area contributed by atoms with E-state index in [1.54, 1.807) is 6.20 Å². The molecule has 1 fully saturated rings. The van der Waals surface area contributed by atoms with Gasteiger partial charge in [-0.2, -0.15) is 0 Å². The zero-order valence-corrected chi connectivity index (χ0v) is 5.56. The van der Waals surface area contributed by atoms with Gasteiger partial charge in [-0.05, 0) is 24.4 Å². The number of halogens is 1. The molecular formula is C6H6ClNO. The molecule has 2 nitrogen and oxygen atoms in total. The van der Waals surface area contributed by atoms with Crippen LogP contribution in [0.2, 0.25) is 5.22 Å². The van der Waals surface area contributed by atoms with E-state index < -0.39 is 0 Å². The zero-order valence-electron chi connectivity index (χ0n) is 4.80. The lowest BCUT2D eigenvalue weighted by atomic mass is 10.4. The van der Waals surface area contributed by atoms with Crippen molar-refractivity contribution in [2.45, 2.75) is 18.8 Å². The van der Waals surface area contributed by atoms with Crippen molar-refractivity contribution < 1.29 is 4.42 Å². The molecule has 3 heteroatoms. The first-order valence-corrected chi connectivity index (χ1v) is 3.35. The molecule has 2 rings (SSSR count). The van der Waals surface area contributed by atoms with Crippen LogP contribution in [0.1, 0.15) is 24.7 Å². The average molecular weight is 144 g/mol. The smallest absolute Gasteiger partial charge is 0.213 e. The van der Waals surface area contributed by atoms with Crippen molar-refractivity contribution in [3.63, 3.8) is 0 Å². The van der Waals surface area contributed by atoms with E-state index in [9.17, 15) is 0 Å². The van der Waals surface area contributed by atoms with Crippen LogP contribution in [0.4, 0.5) is 0 Å². The molecule has 9 heavy (non-hydrogen) atoms. The van der Waals surface area contributed by atoms with Gasteiger partial charge in [-0.15, -0.1) is 0 Å². The monoisotopic (exact) mass is 143 g/mol. The molecule has 0 spiro atoms. The van der Waals surface area contributed by atoms with Crippen molar-refractivity contribution in [3.05, 3.63) is 17.3 Å². The van der Waals surface area contributed by atoms with Crippen molar-refractivity contribution in [2.75, 3.05) is 0 Å². The molecular weight excluding hydrogens is 138 g/mol. The molecule has 0 atom stereocenters. The van der Waals surface area contributed by atoms with Gasteiger partial charge < -0.3 is 4.42 Å². The Hall–Kier alpha value is -0.500. The summed E-state index contributed by atoms with van der Waals surface area (Å²) in [5.41, 5.74) is 0. The second kappa shape index (κ2) is 1.74. The van der Waals surface area contributed by atoms with E-state index in [1.807, 2.05) is 0 Å². The summed E-state index contributed by atoms with van der Waals surface area (Å²) in [4.78, 5) is 3.98. The fourth-order valence-electron chi connectivity index (χ4n) is 0.786. The predicted molar refractivity (Wildman–Crippen MR) is 33.5 cm³/mol. The fraction of sp³-hybridized carbons (Fsp3) is 0.500. The van der Waals surface area contributed by atoms with Gasteiger partial charge in [0.1, 0.15) is 0 Å². The topological polar surface area (TPSA) is 26.0 Å². The van der Waals surface area contributed by atoms with Crippen LogP contribution in [0.3, 0.4) is 0 Å². The van der Waals surface area contributed by atoms with Gasteiger partial charge in [0, 0.05) is 5.92 Å². The van der Waals surface area contributed by atoms with Crippen molar-refractivity contribution in [2.24, 2.45) is 0 Å². The third-order valence-corrected chi connectivity index (χ3v) is 1.60. The van der Waals surface area contributed by atoms with Crippen LogP contribution in [0.15, 0.2) is 10.6 Å². The molecule has 0 saturated heterocycles. The summed E-state index contributed by atoms with van der Waals surface area (Å²) in [6, 6.07) is 0. The van der Waals surface area contributed by atoms with Crippen LogP contribution in [0.25, 0.3) is 0 Å². The quantitative estimate of drug-likeness (QED) is 0.603. The number of hydrogen-bond acceptors (Lipinski definition) is 2. The number of hydrogen-bond donors (Lipinski definition) is 0. The van der Waals surface area contributed by atoms with Gasteiger partial charge in [0.15, 0.2) is 5.89 Å². The van der Waals surface area contributed by atoms with E-state index in [-0.39, 0.29) is 0 Å². The number of oxazole rings is 1. The molecule has 0 bridgehead atoms. The maximum absolute atomic E-state index is 5.50. The molecule has 0 aromatic carbocycles. The molecule has 1 aromatic rings. The summed E-state index contributed by atoms with van der Waals surface area (Å²) in [6.07, 6.45) is 3.96. The van der Waals surface area contributed by atoms with Crippen LogP contribution in [0, 0.1) is 0 Å². The van der Waals surface area contributed by atoms with Crippen molar-refractivity contribution in [1.29, 1.82) is 0 Å². The highest BCUT2D eigenvalue weighted by Crippen LogP contribution is 2.39. The van der Waals surface area contributed by atoms with Crippen molar-refractivity contribution in [3.8, 4) is 0 Å². The summed E-state index contributed by atoms with van der Waals surface area (Å²) >= 11 is 5.50. The molecule has 1 aromatic heterocycles. The Bertz CT molecular complexity index is 217. The molecule has 1 saturated carbocycles. The highest BCUT2D eigenvalue weighted by atomic mass is 35.5. The predicted octanol–water partition coefficient (Wildman–Crippen LogP) is 2.21. The van der Waals surface area contributed by atoms with E-state index in [1.165, 1.54) is 12.8 Å². The van der Waals surface area contributed by atoms with Crippen LogP contribution >= 0.6 is 11.6 Å². The Labute approximate surface area is 57.8 Å². The normalized spacial score (nSPS) is 18.3. The van der Waals surface area contributed by atoms with Crippen LogP contribution in [-0.2, 0) is 0 Å². The molecule has 0 unspecified atom stereocenters. The highest BCUT2D eigenvalue weighted by Gasteiger charge is 2.28. The largest absolute Gasteiger partial charge is 0.429 e. The zero-order chi connectivity index (χ0) is 6.27. The standard InChI is InChI=1S/C6H6ClNO/c7-5-3-8-6(9-5)4-1-2-4/h3-4H,1-2H2. The number of aromatic nitrogens is 1. The summed E-state index contributed by atoms with van der Waals surface area (Å²) in [7, 11) is 0. The van der Waals surface area contributed by atoms with Gasteiger partial charge >= 0.3 is 0 Å². The average Bonchev–Trinajstić information content (AvgIpc) is 2.58. The summed E-state index contributed by atoms with van der Waals surface area (Å²) in [5, 5.41) is 0.400. The second-order valence-electron chi connectivity index (χ2n) is 2.28. The summed E-state index contributed by atoms with van der Waals surface area (Å²) < 4.78 is 5.06. The lowest BCUT2D eigenvalue weighted by Crippen LogP contribution is -1.73. The first kappa shape index (κ1) is 5.30. The van der Waals surface area contributed by atoms with Gasteiger partial charge in [0.2, 0.25) is 5.22 Å². The highest BCUT2D eigenvalue weighted by molar-refractivity contribution is 6.28. The van der Waals surface area contributed by atoms with E-state index in [2.05, 4.69) is 4.98 Å². The van der Waals surface area contributed by atoms with E-state index >= 15 is 0 Å². The lowest BCUT2D eigenvalue weighted by Gasteiger charge is -1.82. The van der Waals surface area contributed by atoms with Gasteiger partial charge in [0.05, 0.1) is 6.20 Å². The lowest BCUT2D eigenvalue weighted by molar-refractivity contribution is 0.499. The number of nitrogens with zero attached hydrogens (tertiary/aromatic N) is 1. The van der Waals surface area contributed by atoms with Gasteiger partial charge in [-0.25, -0.2) is 4.98 Å². The minimum Gasteiger partial charge on any atom is -0.429 e. The van der Waals surface area contributed by atoms with Crippen LogP contribution in [0.5, 0.6) is 0 Å². The first-order chi connectivity index (χ1) is 4.36. The Morgan fingerprint density at radius 1 is 1.67 bits per heavy atom. The molecule has 0 aliphatic heterocycles. The van der Waals surface area contributed by atoms with E-state index in [0.29, 0.717) is 11.1 Å². The van der Waals surface area contributed by atoms with Crippen molar-refractivity contribution >= 4 is 11.6 Å². The van der Waals surface area contributed by atoms with Gasteiger partial charge in [-0.1, -0.05) is 0 Å². The Morgan fingerprint density at radius 3 is 2.89 bits per heavy atom. The Balaban J connectivity index is 2.28. The van der Waals surface area contributed by atoms with E-state index in [0.717, 1.165) is 5.89 Å². The minimum atomic E-state index is 0.400. The summed E-state index contributed by atoms with van der Waals surface area (Å²) in [6.45, 7) is 0. The maximum Gasteiger partial charge on any atom is 0.213 e. The minimum absolute atomic E-state index is 0.400. The van der Waals surface area contributed by atoms with Crippen LogP contribution < -0.4 is 0 Å². The fourth-order valence-corrected chi connectivity index (χ4v) is 0.914. The molecule has 0 amide bonds. The van der Waals surface area contributed by atoms with Gasteiger partial charge in [-0.3, -0.25) is 0 Å². The number of rotatable bonds is 1. The van der Waals surface area contributed by atoms with Crippen molar-refractivity contribution in [1.82, 2.24) is 4.98 Å².